The second-order valence-electron chi connectivity index (χ2n) is 4.24. The first kappa shape index (κ1) is 10.9. The second-order valence-corrected chi connectivity index (χ2v) is 4.24. The highest BCUT2D eigenvalue weighted by molar-refractivity contribution is 5.96. The van der Waals surface area contributed by atoms with E-state index in [2.05, 4.69) is 11.7 Å². The van der Waals surface area contributed by atoms with Gasteiger partial charge in [-0.3, -0.25) is 4.79 Å². The molecule has 1 aromatic rings. The first-order valence-electron chi connectivity index (χ1n) is 5.48. The summed E-state index contributed by atoms with van der Waals surface area (Å²) >= 11 is 0. The van der Waals surface area contributed by atoms with Crippen LogP contribution in [-0.2, 0) is 0 Å². The number of aromatic nitrogens is 1. The van der Waals surface area contributed by atoms with E-state index in [1.807, 2.05) is 4.90 Å². The SMILES string of the molecule is C=C1CCN(C(=O)c2c(C)noc2C)CC1. The highest BCUT2D eigenvalue weighted by Crippen LogP contribution is 2.20. The van der Waals surface area contributed by atoms with Gasteiger partial charge in [0.2, 0.25) is 0 Å². The van der Waals surface area contributed by atoms with Crippen molar-refractivity contribution in [2.24, 2.45) is 0 Å². The zero-order valence-corrected chi connectivity index (χ0v) is 9.75. The van der Waals surface area contributed by atoms with E-state index in [4.69, 9.17) is 4.52 Å². The van der Waals surface area contributed by atoms with Gasteiger partial charge in [-0.15, -0.1) is 0 Å². The van der Waals surface area contributed by atoms with Gasteiger partial charge in [0, 0.05) is 13.1 Å². The number of carbonyl (C=O) groups excluding carboxylic acids is 1. The number of nitrogens with zero attached hydrogens (tertiary/aromatic N) is 2. The molecule has 86 valence electrons. The van der Waals surface area contributed by atoms with Gasteiger partial charge in [-0.05, 0) is 26.7 Å². The smallest absolute Gasteiger partial charge is 0.259 e. The molecule has 0 saturated carbocycles. The van der Waals surface area contributed by atoms with Crippen LogP contribution in [-0.4, -0.2) is 29.1 Å². The number of likely N-dealkylation sites (tertiary alicyclic amines) is 1. The van der Waals surface area contributed by atoms with Crippen molar-refractivity contribution in [1.82, 2.24) is 10.1 Å². The van der Waals surface area contributed by atoms with Crippen LogP contribution >= 0.6 is 0 Å². The monoisotopic (exact) mass is 220 g/mol. The number of piperidine rings is 1. The maximum absolute atomic E-state index is 12.2. The largest absolute Gasteiger partial charge is 0.361 e. The number of aryl methyl sites for hydroxylation is 2. The molecule has 4 heteroatoms. The Hall–Kier alpha value is -1.58. The molecule has 0 aromatic carbocycles. The maximum atomic E-state index is 12.2. The highest BCUT2D eigenvalue weighted by atomic mass is 16.5. The lowest BCUT2D eigenvalue weighted by molar-refractivity contribution is 0.0741. The van der Waals surface area contributed by atoms with Gasteiger partial charge in [0.15, 0.2) is 0 Å². The molecule has 0 bridgehead atoms. The van der Waals surface area contributed by atoms with Crippen LogP contribution in [0.5, 0.6) is 0 Å². The van der Waals surface area contributed by atoms with Crippen LogP contribution in [0, 0.1) is 13.8 Å². The molecule has 4 nitrogen and oxygen atoms in total. The molecule has 0 atom stereocenters. The molecule has 0 radical (unpaired) electrons. The minimum absolute atomic E-state index is 0.0313. The van der Waals surface area contributed by atoms with Crippen LogP contribution in [0.25, 0.3) is 0 Å². The zero-order chi connectivity index (χ0) is 11.7. The molecular formula is C12H16N2O2. The molecule has 0 unspecified atom stereocenters. The second kappa shape index (κ2) is 4.12. The van der Waals surface area contributed by atoms with Crippen LogP contribution in [0.1, 0.15) is 34.7 Å². The summed E-state index contributed by atoms with van der Waals surface area (Å²) in [5, 5.41) is 3.81. The number of carbonyl (C=O) groups is 1. The molecule has 16 heavy (non-hydrogen) atoms. The van der Waals surface area contributed by atoms with E-state index in [-0.39, 0.29) is 5.91 Å². The normalized spacial score (nSPS) is 16.6. The van der Waals surface area contributed by atoms with Crippen molar-refractivity contribution in [3.8, 4) is 0 Å². The molecule has 1 aliphatic rings. The zero-order valence-electron chi connectivity index (χ0n) is 9.75. The maximum Gasteiger partial charge on any atom is 0.259 e. The molecular weight excluding hydrogens is 204 g/mol. The predicted molar refractivity (Wildman–Crippen MR) is 60.3 cm³/mol. The third-order valence-electron chi connectivity index (χ3n) is 3.00. The lowest BCUT2D eigenvalue weighted by Gasteiger charge is -2.27. The third-order valence-corrected chi connectivity index (χ3v) is 3.00. The van der Waals surface area contributed by atoms with E-state index < -0.39 is 0 Å². The highest BCUT2D eigenvalue weighted by Gasteiger charge is 2.24. The van der Waals surface area contributed by atoms with E-state index >= 15 is 0 Å². The van der Waals surface area contributed by atoms with E-state index in [9.17, 15) is 4.79 Å². The number of amides is 1. The van der Waals surface area contributed by atoms with Crippen molar-refractivity contribution < 1.29 is 9.32 Å². The summed E-state index contributed by atoms with van der Waals surface area (Å²) in [7, 11) is 0. The Morgan fingerprint density at radius 2 is 2.00 bits per heavy atom. The summed E-state index contributed by atoms with van der Waals surface area (Å²) < 4.78 is 5.01. The Kier molecular flexibility index (Phi) is 2.81. The molecule has 0 N–H and O–H groups in total. The summed E-state index contributed by atoms with van der Waals surface area (Å²) in [5.74, 6) is 0.635. The van der Waals surface area contributed by atoms with Crippen LogP contribution in [0.4, 0.5) is 0 Å². The van der Waals surface area contributed by atoms with E-state index in [0.29, 0.717) is 17.0 Å². The summed E-state index contributed by atoms with van der Waals surface area (Å²) in [4.78, 5) is 14.1. The van der Waals surface area contributed by atoms with Crippen molar-refractivity contribution in [2.45, 2.75) is 26.7 Å². The van der Waals surface area contributed by atoms with Crippen molar-refractivity contribution in [3.63, 3.8) is 0 Å². The van der Waals surface area contributed by atoms with Crippen molar-refractivity contribution in [2.75, 3.05) is 13.1 Å². The first-order chi connectivity index (χ1) is 7.59. The van der Waals surface area contributed by atoms with Crippen molar-refractivity contribution in [1.29, 1.82) is 0 Å². The molecule has 1 fully saturated rings. The lowest BCUT2D eigenvalue weighted by Crippen LogP contribution is -2.36. The Morgan fingerprint density at radius 3 is 2.50 bits per heavy atom. The van der Waals surface area contributed by atoms with Crippen LogP contribution in [0.3, 0.4) is 0 Å². The van der Waals surface area contributed by atoms with Gasteiger partial charge >= 0.3 is 0 Å². The molecule has 1 saturated heterocycles. The van der Waals surface area contributed by atoms with Gasteiger partial charge in [-0.25, -0.2) is 0 Å². The summed E-state index contributed by atoms with van der Waals surface area (Å²) in [5.41, 5.74) is 2.52. The summed E-state index contributed by atoms with van der Waals surface area (Å²) in [6.45, 7) is 9.01. The first-order valence-corrected chi connectivity index (χ1v) is 5.48. The van der Waals surface area contributed by atoms with Gasteiger partial charge in [0.25, 0.3) is 5.91 Å². The molecule has 1 aromatic heterocycles. The van der Waals surface area contributed by atoms with Crippen molar-refractivity contribution in [3.05, 3.63) is 29.2 Å². The van der Waals surface area contributed by atoms with Crippen LogP contribution in [0.2, 0.25) is 0 Å². The Morgan fingerprint density at radius 1 is 1.38 bits per heavy atom. The summed E-state index contributed by atoms with van der Waals surface area (Å²) in [6, 6.07) is 0. The average molecular weight is 220 g/mol. The minimum Gasteiger partial charge on any atom is -0.361 e. The fourth-order valence-corrected chi connectivity index (χ4v) is 1.97. The van der Waals surface area contributed by atoms with Crippen molar-refractivity contribution >= 4 is 5.91 Å². The Bertz CT molecular complexity index is 405. The van der Waals surface area contributed by atoms with Crippen LogP contribution < -0.4 is 0 Å². The molecule has 0 spiro atoms. The van der Waals surface area contributed by atoms with E-state index in [0.717, 1.165) is 25.9 Å². The average Bonchev–Trinajstić information content (AvgIpc) is 2.59. The topological polar surface area (TPSA) is 46.3 Å². The molecule has 2 heterocycles. The fourth-order valence-electron chi connectivity index (χ4n) is 1.97. The van der Waals surface area contributed by atoms with Gasteiger partial charge in [0.1, 0.15) is 11.3 Å². The Balaban J connectivity index is 2.17. The lowest BCUT2D eigenvalue weighted by atomic mass is 10.0. The van der Waals surface area contributed by atoms with E-state index in [1.54, 1.807) is 13.8 Å². The minimum atomic E-state index is 0.0313. The van der Waals surface area contributed by atoms with Gasteiger partial charge in [-0.1, -0.05) is 17.3 Å². The quantitative estimate of drug-likeness (QED) is 0.681. The summed E-state index contributed by atoms with van der Waals surface area (Å²) in [6.07, 6.45) is 1.80. The molecule has 1 aliphatic heterocycles. The van der Waals surface area contributed by atoms with Gasteiger partial charge in [-0.2, -0.15) is 0 Å². The number of hydrogen-bond donors (Lipinski definition) is 0. The predicted octanol–water partition coefficient (Wildman–Crippen LogP) is 2.08. The Labute approximate surface area is 94.9 Å². The molecule has 1 amide bonds. The van der Waals surface area contributed by atoms with Crippen LogP contribution in [0.15, 0.2) is 16.7 Å². The number of rotatable bonds is 1. The van der Waals surface area contributed by atoms with E-state index in [1.165, 1.54) is 5.57 Å². The van der Waals surface area contributed by atoms with Gasteiger partial charge in [0.05, 0.1) is 5.69 Å². The molecule has 0 aliphatic carbocycles. The molecule has 2 rings (SSSR count). The third kappa shape index (κ3) is 1.87. The number of hydrogen-bond acceptors (Lipinski definition) is 3. The van der Waals surface area contributed by atoms with Gasteiger partial charge < -0.3 is 9.42 Å². The standard InChI is InChI=1S/C12H16N2O2/c1-8-4-6-14(7-5-8)12(15)11-9(2)13-16-10(11)3/h1,4-7H2,2-3H3. The fraction of sp³-hybridized carbons (Fsp3) is 0.500.